The molecule has 1 fully saturated rings. The Kier molecular flexibility index (Phi) is 3.60. The van der Waals surface area contributed by atoms with Gasteiger partial charge in [-0.15, -0.1) is 0 Å². The molecule has 0 radical (unpaired) electrons. The maximum Gasteiger partial charge on any atom is 0.240 e. The Morgan fingerprint density at radius 2 is 2.14 bits per heavy atom. The summed E-state index contributed by atoms with van der Waals surface area (Å²) in [6, 6.07) is 7.56. The molecule has 0 aliphatic heterocycles. The van der Waals surface area contributed by atoms with Gasteiger partial charge in [0.1, 0.15) is 6.33 Å². The highest BCUT2D eigenvalue weighted by Gasteiger charge is 2.38. The summed E-state index contributed by atoms with van der Waals surface area (Å²) >= 11 is 0. The van der Waals surface area contributed by atoms with Gasteiger partial charge in [0, 0.05) is 18.9 Å². The van der Waals surface area contributed by atoms with Gasteiger partial charge < -0.3 is 5.32 Å². The molecule has 1 aromatic heterocycles. The van der Waals surface area contributed by atoms with Gasteiger partial charge in [0.05, 0.1) is 11.0 Å². The predicted molar refractivity (Wildman–Crippen MR) is 79.0 cm³/mol. The van der Waals surface area contributed by atoms with Gasteiger partial charge in [-0.3, -0.25) is 15.0 Å². The third kappa shape index (κ3) is 3.04. The Balaban J connectivity index is 1.49. The fourth-order valence-electron chi connectivity index (χ4n) is 2.36. The molecule has 110 valence electrons. The summed E-state index contributed by atoms with van der Waals surface area (Å²) in [5.74, 6) is 0.535. The number of hydrogen-bond acceptors (Lipinski definition) is 3. The lowest BCUT2D eigenvalue weighted by atomic mass is 10.3. The monoisotopic (exact) mass is 286 g/mol. The summed E-state index contributed by atoms with van der Waals surface area (Å²) in [6.07, 6.45) is 2.78. The molecule has 1 saturated carbocycles. The second-order valence-electron chi connectivity index (χ2n) is 5.50. The molecular weight excluding hydrogens is 268 g/mol. The van der Waals surface area contributed by atoms with Crippen LogP contribution in [-0.4, -0.2) is 28.0 Å². The minimum Gasteiger partial charge on any atom is -0.355 e. The summed E-state index contributed by atoms with van der Waals surface area (Å²) in [5.41, 5.74) is 4.43. The molecule has 3 rings (SSSR count). The predicted octanol–water partition coefficient (Wildman–Crippen LogP) is 1.27. The summed E-state index contributed by atoms with van der Waals surface area (Å²) in [5, 5.41) is 2.80. The van der Waals surface area contributed by atoms with Crippen molar-refractivity contribution < 1.29 is 9.59 Å². The molecule has 1 aliphatic carbocycles. The van der Waals surface area contributed by atoms with E-state index in [2.05, 4.69) is 22.7 Å². The minimum absolute atomic E-state index is 0.0587. The van der Waals surface area contributed by atoms with Crippen LogP contribution in [0, 0.1) is 11.8 Å². The molecule has 6 nitrogen and oxygen atoms in total. The first-order valence-electron chi connectivity index (χ1n) is 7.15. The van der Waals surface area contributed by atoms with Gasteiger partial charge in [-0.05, 0) is 24.5 Å². The first-order valence-corrected chi connectivity index (χ1v) is 7.15. The zero-order valence-electron chi connectivity index (χ0n) is 11.9. The molecule has 1 heterocycles. The Hall–Kier alpha value is -2.37. The van der Waals surface area contributed by atoms with Crippen molar-refractivity contribution in [3.8, 4) is 0 Å². The number of rotatable bonds is 5. The molecule has 1 aliphatic rings. The molecule has 1 aromatic carbocycles. The van der Waals surface area contributed by atoms with E-state index in [1.807, 2.05) is 24.3 Å². The Morgan fingerprint density at radius 1 is 1.38 bits per heavy atom. The Labute approximate surface area is 122 Å². The summed E-state index contributed by atoms with van der Waals surface area (Å²) in [4.78, 5) is 27.7. The molecule has 0 bridgehead atoms. The van der Waals surface area contributed by atoms with Gasteiger partial charge in [0.25, 0.3) is 0 Å². The molecule has 2 atom stereocenters. The third-order valence-electron chi connectivity index (χ3n) is 3.80. The lowest BCUT2D eigenvalue weighted by Gasteiger charge is -2.08. The van der Waals surface area contributed by atoms with Crippen LogP contribution in [0.15, 0.2) is 30.6 Å². The molecule has 2 aromatic rings. The molecule has 0 spiro atoms. The van der Waals surface area contributed by atoms with Gasteiger partial charge >= 0.3 is 0 Å². The standard InChI is InChI=1S/C15H18N4O2/c1-10-8-11(10)15(21)16-7-6-14(20)18-19-9-17-12-4-2-3-5-13(12)19/h2-5,9-11H,6-8H2,1H3,(H,16,21)(H,18,20)/t10-,11-/m1/s1. The highest BCUT2D eigenvalue weighted by molar-refractivity contribution is 5.87. The number of carbonyl (C=O) groups excluding carboxylic acids is 2. The van der Waals surface area contributed by atoms with Crippen LogP contribution in [0.3, 0.4) is 0 Å². The topological polar surface area (TPSA) is 76.0 Å². The normalized spacial score (nSPS) is 20.2. The van der Waals surface area contributed by atoms with Crippen LogP contribution in [0.25, 0.3) is 11.0 Å². The highest BCUT2D eigenvalue weighted by atomic mass is 16.2. The first-order chi connectivity index (χ1) is 10.1. The van der Waals surface area contributed by atoms with E-state index < -0.39 is 0 Å². The lowest BCUT2D eigenvalue weighted by Crippen LogP contribution is -2.31. The number of amides is 2. The van der Waals surface area contributed by atoms with Crippen molar-refractivity contribution >= 4 is 22.8 Å². The van der Waals surface area contributed by atoms with Crippen LogP contribution in [0.1, 0.15) is 19.8 Å². The SMILES string of the molecule is C[C@@H]1C[C@H]1C(=O)NCCC(=O)Nn1cnc2ccccc21. The van der Waals surface area contributed by atoms with Crippen LogP contribution in [0.2, 0.25) is 0 Å². The van der Waals surface area contributed by atoms with Gasteiger partial charge in [-0.2, -0.15) is 0 Å². The Bertz CT molecular complexity index is 679. The molecule has 2 N–H and O–H groups in total. The second kappa shape index (κ2) is 5.55. The highest BCUT2D eigenvalue weighted by Crippen LogP contribution is 2.37. The average molecular weight is 286 g/mol. The molecule has 0 unspecified atom stereocenters. The number of benzene rings is 1. The summed E-state index contributed by atoms with van der Waals surface area (Å²) in [6.45, 7) is 2.42. The van der Waals surface area contributed by atoms with Crippen molar-refractivity contribution in [3.05, 3.63) is 30.6 Å². The number of nitrogens with zero attached hydrogens (tertiary/aromatic N) is 2. The van der Waals surface area contributed by atoms with E-state index >= 15 is 0 Å². The molecule has 21 heavy (non-hydrogen) atoms. The van der Waals surface area contributed by atoms with E-state index in [1.54, 1.807) is 11.0 Å². The second-order valence-corrected chi connectivity index (χ2v) is 5.50. The number of imidazole rings is 1. The zero-order valence-corrected chi connectivity index (χ0v) is 11.9. The fraction of sp³-hybridized carbons (Fsp3) is 0.400. The van der Waals surface area contributed by atoms with Gasteiger partial charge in [-0.25, -0.2) is 9.66 Å². The van der Waals surface area contributed by atoms with Crippen LogP contribution in [0.4, 0.5) is 0 Å². The maximum atomic E-state index is 11.9. The molecular formula is C15H18N4O2. The number of nitrogens with one attached hydrogen (secondary N) is 2. The minimum atomic E-state index is -0.151. The summed E-state index contributed by atoms with van der Waals surface area (Å²) in [7, 11) is 0. The van der Waals surface area contributed by atoms with E-state index in [1.165, 1.54) is 0 Å². The largest absolute Gasteiger partial charge is 0.355 e. The van der Waals surface area contributed by atoms with E-state index in [9.17, 15) is 9.59 Å². The van der Waals surface area contributed by atoms with E-state index in [-0.39, 0.29) is 24.2 Å². The smallest absolute Gasteiger partial charge is 0.240 e. The summed E-state index contributed by atoms with van der Waals surface area (Å²) < 4.78 is 1.60. The number of hydrogen-bond donors (Lipinski definition) is 2. The van der Waals surface area contributed by atoms with Crippen LogP contribution >= 0.6 is 0 Å². The zero-order chi connectivity index (χ0) is 14.8. The lowest BCUT2D eigenvalue weighted by molar-refractivity contribution is -0.122. The number of para-hydroxylation sites is 2. The maximum absolute atomic E-state index is 11.9. The number of fused-ring (bicyclic) bond motifs is 1. The van der Waals surface area contributed by atoms with Crippen molar-refractivity contribution in [2.24, 2.45) is 11.8 Å². The third-order valence-corrected chi connectivity index (χ3v) is 3.80. The van der Waals surface area contributed by atoms with Crippen LogP contribution in [0.5, 0.6) is 0 Å². The van der Waals surface area contributed by atoms with Crippen LogP contribution in [-0.2, 0) is 9.59 Å². The van der Waals surface area contributed by atoms with Crippen molar-refractivity contribution in [3.63, 3.8) is 0 Å². The van der Waals surface area contributed by atoms with Gasteiger partial charge in [-0.1, -0.05) is 19.1 Å². The van der Waals surface area contributed by atoms with Crippen molar-refractivity contribution in [1.29, 1.82) is 0 Å². The molecule has 6 heteroatoms. The van der Waals surface area contributed by atoms with E-state index in [0.29, 0.717) is 12.5 Å². The van der Waals surface area contributed by atoms with E-state index in [0.717, 1.165) is 17.5 Å². The first kappa shape index (κ1) is 13.6. The average Bonchev–Trinajstić information content (AvgIpc) is 3.07. The van der Waals surface area contributed by atoms with Gasteiger partial charge in [0.2, 0.25) is 11.8 Å². The number of aromatic nitrogens is 2. The van der Waals surface area contributed by atoms with Crippen molar-refractivity contribution in [1.82, 2.24) is 15.0 Å². The Morgan fingerprint density at radius 3 is 2.90 bits per heavy atom. The van der Waals surface area contributed by atoms with Crippen LogP contribution < -0.4 is 10.7 Å². The van der Waals surface area contributed by atoms with E-state index in [4.69, 9.17) is 0 Å². The van der Waals surface area contributed by atoms with Crippen molar-refractivity contribution in [2.45, 2.75) is 19.8 Å². The van der Waals surface area contributed by atoms with Crippen molar-refractivity contribution in [2.75, 3.05) is 12.0 Å². The molecule has 2 amide bonds. The quantitative estimate of drug-likeness (QED) is 0.869. The van der Waals surface area contributed by atoms with Gasteiger partial charge in [0.15, 0.2) is 0 Å². The molecule has 0 saturated heterocycles. The fourth-order valence-corrected chi connectivity index (χ4v) is 2.36. The number of carbonyl (C=O) groups is 2.